The van der Waals surface area contributed by atoms with Crippen LogP contribution >= 0.6 is 0 Å². The van der Waals surface area contributed by atoms with Gasteiger partial charge in [-0.2, -0.15) is 0 Å². The van der Waals surface area contributed by atoms with E-state index < -0.39 is 11.6 Å². The fourth-order valence-corrected chi connectivity index (χ4v) is 1.94. The highest BCUT2D eigenvalue weighted by Gasteiger charge is 2.19. The first-order chi connectivity index (χ1) is 8.08. The minimum atomic E-state index is -0.572. The number of aliphatic hydroxyl groups excluding tert-OH is 1. The fourth-order valence-electron chi connectivity index (χ4n) is 1.94. The monoisotopic (exact) mass is 243 g/mol. The standard InChI is InChI=1S/C13H19F2NO/c1-9(10(8-17)3-4-16-2)11-5-12(14)7-13(15)6-11/h5-7,9-10,16-17H,3-4,8H2,1-2H3. The Bertz CT molecular complexity index is 337. The number of benzene rings is 1. The van der Waals surface area contributed by atoms with Crippen molar-refractivity contribution >= 4 is 0 Å². The van der Waals surface area contributed by atoms with Gasteiger partial charge in [0, 0.05) is 12.7 Å². The van der Waals surface area contributed by atoms with Gasteiger partial charge in [0.15, 0.2) is 0 Å². The number of rotatable bonds is 6. The van der Waals surface area contributed by atoms with Gasteiger partial charge in [-0.3, -0.25) is 0 Å². The molecule has 4 heteroatoms. The summed E-state index contributed by atoms with van der Waals surface area (Å²) >= 11 is 0. The third-order valence-electron chi connectivity index (χ3n) is 3.12. The Hall–Kier alpha value is -1.00. The first-order valence-corrected chi connectivity index (χ1v) is 5.80. The molecule has 1 aromatic carbocycles. The van der Waals surface area contributed by atoms with Crippen molar-refractivity contribution in [3.05, 3.63) is 35.4 Å². The summed E-state index contributed by atoms with van der Waals surface area (Å²) in [5, 5.41) is 12.3. The zero-order valence-electron chi connectivity index (χ0n) is 10.2. The molecule has 1 rings (SSSR count). The van der Waals surface area contributed by atoms with Crippen LogP contribution in [0.5, 0.6) is 0 Å². The van der Waals surface area contributed by atoms with Gasteiger partial charge in [0.2, 0.25) is 0 Å². The summed E-state index contributed by atoms with van der Waals surface area (Å²) in [6.07, 6.45) is 0.770. The second-order valence-electron chi connectivity index (χ2n) is 4.33. The molecule has 0 saturated heterocycles. The molecule has 0 aliphatic carbocycles. The first-order valence-electron chi connectivity index (χ1n) is 5.80. The molecule has 2 unspecified atom stereocenters. The van der Waals surface area contributed by atoms with E-state index in [1.165, 1.54) is 12.1 Å². The Morgan fingerprint density at radius 3 is 2.29 bits per heavy atom. The second kappa shape index (κ2) is 6.67. The average molecular weight is 243 g/mol. The smallest absolute Gasteiger partial charge is 0.126 e. The van der Waals surface area contributed by atoms with Crippen molar-refractivity contribution in [3.8, 4) is 0 Å². The fraction of sp³-hybridized carbons (Fsp3) is 0.538. The zero-order valence-corrected chi connectivity index (χ0v) is 10.2. The van der Waals surface area contributed by atoms with Gasteiger partial charge in [-0.25, -0.2) is 8.78 Å². The molecule has 17 heavy (non-hydrogen) atoms. The lowest BCUT2D eigenvalue weighted by atomic mass is 9.86. The van der Waals surface area contributed by atoms with Crippen LogP contribution in [0.2, 0.25) is 0 Å². The van der Waals surface area contributed by atoms with Gasteiger partial charge in [0.05, 0.1) is 0 Å². The van der Waals surface area contributed by atoms with Crippen molar-refractivity contribution in [1.82, 2.24) is 5.32 Å². The van der Waals surface area contributed by atoms with Crippen LogP contribution in [0, 0.1) is 17.6 Å². The Kier molecular flexibility index (Phi) is 5.51. The second-order valence-corrected chi connectivity index (χ2v) is 4.33. The zero-order chi connectivity index (χ0) is 12.8. The van der Waals surface area contributed by atoms with Crippen molar-refractivity contribution in [2.24, 2.45) is 5.92 Å². The van der Waals surface area contributed by atoms with Crippen LogP contribution in [-0.4, -0.2) is 25.3 Å². The molecule has 1 aromatic rings. The molecule has 0 heterocycles. The van der Waals surface area contributed by atoms with Crippen LogP contribution in [0.1, 0.15) is 24.8 Å². The molecule has 0 amide bonds. The van der Waals surface area contributed by atoms with E-state index in [9.17, 15) is 13.9 Å². The molecule has 0 aromatic heterocycles. The Balaban J connectivity index is 2.81. The molecule has 2 atom stereocenters. The summed E-state index contributed by atoms with van der Waals surface area (Å²) in [6.45, 7) is 2.67. The van der Waals surface area contributed by atoms with E-state index in [-0.39, 0.29) is 18.4 Å². The van der Waals surface area contributed by atoms with E-state index in [2.05, 4.69) is 5.32 Å². The minimum absolute atomic E-state index is 0.00338. The molecular formula is C13H19F2NO. The maximum atomic E-state index is 13.1. The van der Waals surface area contributed by atoms with Crippen molar-refractivity contribution in [2.75, 3.05) is 20.2 Å². The normalized spacial score (nSPS) is 14.6. The number of nitrogens with one attached hydrogen (secondary N) is 1. The number of halogens is 2. The van der Waals surface area contributed by atoms with Crippen LogP contribution in [0.4, 0.5) is 8.78 Å². The van der Waals surface area contributed by atoms with E-state index in [1.54, 1.807) is 0 Å². The summed E-state index contributed by atoms with van der Waals surface area (Å²) in [5.41, 5.74) is 0.595. The highest BCUT2D eigenvalue weighted by molar-refractivity contribution is 5.22. The van der Waals surface area contributed by atoms with Crippen molar-refractivity contribution < 1.29 is 13.9 Å². The number of aliphatic hydroxyl groups is 1. The highest BCUT2D eigenvalue weighted by Crippen LogP contribution is 2.27. The lowest BCUT2D eigenvalue weighted by Gasteiger charge is -2.22. The molecule has 2 N–H and O–H groups in total. The van der Waals surface area contributed by atoms with E-state index in [0.717, 1.165) is 19.0 Å². The van der Waals surface area contributed by atoms with E-state index in [0.29, 0.717) is 5.56 Å². The first kappa shape index (κ1) is 14.1. The van der Waals surface area contributed by atoms with Crippen LogP contribution < -0.4 is 5.32 Å². The maximum absolute atomic E-state index is 13.1. The van der Waals surface area contributed by atoms with Crippen LogP contribution in [0.3, 0.4) is 0 Å². The third kappa shape index (κ3) is 4.06. The molecule has 0 aliphatic heterocycles. The predicted octanol–water partition coefficient (Wildman–Crippen LogP) is 2.29. The van der Waals surface area contributed by atoms with Crippen LogP contribution in [0.15, 0.2) is 18.2 Å². The van der Waals surface area contributed by atoms with Crippen molar-refractivity contribution in [1.29, 1.82) is 0 Å². The van der Waals surface area contributed by atoms with Gasteiger partial charge in [-0.15, -0.1) is 0 Å². The van der Waals surface area contributed by atoms with Crippen LogP contribution in [-0.2, 0) is 0 Å². The van der Waals surface area contributed by atoms with Crippen LogP contribution in [0.25, 0.3) is 0 Å². The Morgan fingerprint density at radius 1 is 1.24 bits per heavy atom. The molecular weight excluding hydrogens is 224 g/mol. The highest BCUT2D eigenvalue weighted by atomic mass is 19.1. The third-order valence-corrected chi connectivity index (χ3v) is 3.12. The SMILES string of the molecule is CNCCC(CO)C(C)c1cc(F)cc(F)c1. The number of hydrogen-bond donors (Lipinski definition) is 2. The average Bonchev–Trinajstić information content (AvgIpc) is 2.28. The minimum Gasteiger partial charge on any atom is -0.396 e. The largest absolute Gasteiger partial charge is 0.396 e. The van der Waals surface area contributed by atoms with E-state index >= 15 is 0 Å². The van der Waals surface area contributed by atoms with Crippen molar-refractivity contribution in [2.45, 2.75) is 19.3 Å². The topological polar surface area (TPSA) is 32.3 Å². The summed E-state index contributed by atoms with van der Waals surface area (Å²) in [6, 6.07) is 3.52. The molecule has 96 valence electrons. The summed E-state index contributed by atoms with van der Waals surface area (Å²) in [4.78, 5) is 0. The lowest BCUT2D eigenvalue weighted by Crippen LogP contribution is -2.20. The molecule has 0 fully saturated rings. The molecule has 0 spiro atoms. The molecule has 0 radical (unpaired) electrons. The van der Waals surface area contributed by atoms with Gasteiger partial charge in [0.1, 0.15) is 11.6 Å². The summed E-state index contributed by atoms with van der Waals surface area (Å²) in [5.74, 6) is -1.21. The number of hydrogen-bond acceptors (Lipinski definition) is 2. The molecule has 0 aliphatic rings. The quantitative estimate of drug-likeness (QED) is 0.803. The lowest BCUT2D eigenvalue weighted by molar-refractivity contribution is 0.199. The summed E-state index contributed by atoms with van der Waals surface area (Å²) < 4.78 is 26.2. The van der Waals surface area contributed by atoms with Gasteiger partial charge in [0.25, 0.3) is 0 Å². The Morgan fingerprint density at radius 2 is 1.82 bits per heavy atom. The van der Waals surface area contributed by atoms with Gasteiger partial charge in [-0.05, 0) is 49.5 Å². The summed E-state index contributed by atoms with van der Waals surface area (Å²) in [7, 11) is 1.83. The maximum Gasteiger partial charge on any atom is 0.126 e. The van der Waals surface area contributed by atoms with Gasteiger partial charge in [-0.1, -0.05) is 6.92 Å². The van der Waals surface area contributed by atoms with Crippen molar-refractivity contribution in [3.63, 3.8) is 0 Å². The predicted molar refractivity (Wildman–Crippen MR) is 63.9 cm³/mol. The van der Waals surface area contributed by atoms with Gasteiger partial charge >= 0.3 is 0 Å². The molecule has 0 saturated carbocycles. The Labute approximate surface area is 101 Å². The van der Waals surface area contributed by atoms with Gasteiger partial charge < -0.3 is 10.4 Å². The molecule has 0 bridgehead atoms. The van der Waals surface area contributed by atoms with E-state index in [4.69, 9.17) is 0 Å². The van der Waals surface area contributed by atoms with E-state index in [1.807, 2.05) is 14.0 Å². The molecule has 2 nitrogen and oxygen atoms in total.